The normalized spacial score (nSPS) is 12.2. The summed E-state index contributed by atoms with van der Waals surface area (Å²) in [6, 6.07) is 4.77. The fraction of sp³-hybridized carbons (Fsp3) is 0.462. The molecular formula is C13H16ClFN2O2S. The van der Waals surface area contributed by atoms with E-state index in [1.54, 1.807) is 12.1 Å². The van der Waals surface area contributed by atoms with Gasteiger partial charge >= 0.3 is 0 Å². The highest BCUT2D eigenvalue weighted by atomic mass is 35.5. The lowest BCUT2D eigenvalue weighted by molar-refractivity contribution is 0.590. The molecule has 0 saturated carbocycles. The number of imidazole rings is 1. The molecule has 1 heterocycles. The lowest BCUT2D eigenvalue weighted by Gasteiger charge is -2.08. The minimum absolute atomic E-state index is 0.0995. The fourth-order valence-corrected chi connectivity index (χ4v) is 2.99. The van der Waals surface area contributed by atoms with E-state index in [0.29, 0.717) is 42.1 Å². The van der Waals surface area contributed by atoms with E-state index in [-0.39, 0.29) is 11.6 Å². The Kier molecular flexibility index (Phi) is 4.65. The first kappa shape index (κ1) is 15.3. The molecule has 0 aliphatic heterocycles. The summed E-state index contributed by atoms with van der Waals surface area (Å²) in [5, 5.41) is 0. The zero-order valence-corrected chi connectivity index (χ0v) is 12.7. The van der Waals surface area contributed by atoms with Gasteiger partial charge in [-0.2, -0.15) is 0 Å². The number of rotatable bonds is 6. The quantitative estimate of drug-likeness (QED) is 0.768. The van der Waals surface area contributed by atoms with Gasteiger partial charge in [-0.05, 0) is 18.6 Å². The average molecular weight is 319 g/mol. The van der Waals surface area contributed by atoms with Crippen LogP contribution >= 0.6 is 11.6 Å². The lowest BCUT2D eigenvalue weighted by Crippen LogP contribution is -2.10. The van der Waals surface area contributed by atoms with Gasteiger partial charge in [0.05, 0.1) is 11.3 Å². The molecule has 4 nitrogen and oxygen atoms in total. The molecule has 110 valence electrons. The molecule has 2 rings (SSSR count). The average Bonchev–Trinajstić information content (AvgIpc) is 2.69. The van der Waals surface area contributed by atoms with Crippen molar-refractivity contribution in [3.8, 4) is 0 Å². The lowest BCUT2D eigenvalue weighted by atomic mass is 10.3. The standard InChI is InChI=1S/C13H16ClFN2O2S/c1-20(18,19)9-3-8-17-11-5-2-4-10(15)13(11)16-12(17)6-7-14/h2,4-5H,3,6-9H2,1H3. The minimum Gasteiger partial charge on any atom is -0.328 e. The maximum absolute atomic E-state index is 13.7. The van der Waals surface area contributed by atoms with Crippen molar-refractivity contribution in [3.05, 3.63) is 29.8 Å². The maximum Gasteiger partial charge on any atom is 0.151 e. The Morgan fingerprint density at radius 3 is 2.80 bits per heavy atom. The van der Waals surface area contributed by atoms with E-state index in [0.717, 1.165) is 0 Å². The second-order valence-corrected chi connectivity index (χ2v) is 7.35. The van der Waals surface area contributed by atoms with Gasteiger partial charge in [0, 0.05) is 25.1 Å². The van der Waals surface area contributed by atoms with E-state index in [1.165, 1.54) is 12.3 Å². The number of fused-ring (bicyclic) bond motifs is 1. The molecular weight excluding hydrogens is 303 g/mol. The summed E-state index contributed by atoms with van der Waals surface area (Å²) in [6.07, 6.45) is 2.20. The number of halogens is 2. The smallest absolute Gasteiger partial charge is 0.151 e. The van der Waals surface area contributed by atoms with E-state index < -0.39 is 9.84 Å². The molecule has 1 aromatic carbocycles. The van der Waals surface area contributed by atoms with Crippen LogP contribution in [0.2, 0.25) is 0 Å². The first-order valence-electron chi connectivity index (χ1n) is 6.29. The highest BCUT2D eigenvalue weighted by Crippen LogP contribution is 2.20. The number of hydrogen-bond donors (Lipinski definition) is 0. The molecule has 0 aliphatic rings. The van der Waals surface area contributed by atoms with Gasteiger partial charge in [-0.15, -0.1) is 11.6 Å². The van der Waals surface area contributed by atoms with Gasteiger partial charge in [-0.3, -0.25) is 0 Å². The first-order valence-corrected chi connectivity index (χ1v) is 8.89. The van der Waals surface area contributed by atoms with Crippen molar-refractivity contribution in [2.75, 3.05) is 17.9 Å². The van der Waals surface area contributed by atoms with Gasteiger partial charge in [-0.25, -0.2) is 17.8 Å². The van der Waals surface area contributed by atoms with Crippen molar-refractivity contribution in [2.24, 2.45) is 0 Å². The van der Waals surface area contributed by atoms with Crippen LogP contribution < -0.4 is 0 Å². The summed E-state index contributed by atoms with van der Waals surface area (Å²) in [7, 11) is -3.00. The predicted molar refractivity (Wildman–Crippen MR) is 78.4 cm³/mol. The largest absolute Gasteiger partial charge is 0.328 e. The molecule has 1 aromatic heterocycles. The van der Waals surface area contributed by atoms with Crippen molar-refractivity contribution in [1.82, 2.24) is 9.55 Å². The number of aromatic nitrogens is 2. The second kappa shape index (κ2) is 6.10. The number of sulfone groups is 1. The summed E-state index contributed by atoms with van der Waals surface area (Å²) < 4.78 is 37.9. The third kappa shape index (κ3) is 3.49. The van der Waals surface area contributed by atoms with Crippen molar-refractivity contribution < 1.29 is 12.8 Å². The molecule has 0 amide bonds. The number of aryl methyl sites for hydroxylation is 2. The van der Waals surface area contributed by atoms with E-state index in [9.17, 15) is 12.8 Å². The van der Waals surface area contributed by atoms with E-state index in [1.807, 2.05) is 4.57 Å². The predicted octanol–water partition coefficient (Wildman–Crippen LogP) is 2.39. The van der Waals surface area contributed by atoms with Crippen LogP contribution in [0.3, 0.4) is 0 Å². The van der Waals surface area contributed by atoms with Crippen LogP contribution in [0, 0.1) is 5.82 Å². The van der Waals surface area contributed by atoms with Gasteiger partial charge in [0.15, 0.2) is 5.82 Å². The number of benzene rings is 1. The number of hydrogen-bond acceptors (Lipinski definition) is 3. The Morgan fingerprint density at radius 2 is 2.15 bits per heavy atom. The van der Waals surface area contributed by atoms with Crippen molar-refractivity contribution in [1.29, 1.82) is 0 Å². The molecule has 0 saturated heterocycles. The van der Waals surface area contributed by atoms with Crippen LogP contribution in [0.4, 0.5) is 4.39 Å². The fourth-order valence-electron chi connectivity index (χ4n) is 2.17. The van der Waals surface area contributed by atoms with Crippen molar-refractivity contribution in [3.63, 3.8) is 0 Å². The van der Waals surface area contributed by atoms with E-state index in [2.05, 4.69) is 4.98 Å². The summed E-state index contributed by atoms with van der Waals surface area (Å²) in [6.45, 7) is 0.485. The Morgan fingerprint density at radius 1 is 1.40 bits per heavy atom. The third-order valence-electron chi connectivity index (χ3n) is 3.02. The van der Waals surface area contributed by atoms with Crippen LogP contribution in [0.15, 0.2) is 18.2 Å². The second-order valence-electron chi connectivity index (χ2n) is 4.71. The molecule has 0 bridgehead atoms. The minimum atomic E-state index is -3.00. The first-order chi connectivity index (χ1) is 9.42. The molecule has 7 heteroatoms. The highest BCUT2D eigenvalue weighted by molar-refractivity contribution is 7.90. The van der Waals surface area contributed by atoms with Crippen molar-refractivity contribution >= 4 is 32.5 Å². The summed E-state index contributed by atoms with van der Waals surface area (Å²) >= 11 is 5.74. The Balaban J connectivity index is 2.34. The zero-order valence-electron chi connectivity index (χ0n) is 11.1. The molecule has 20 heavy (non-hydrogen) atoms. The molecule has 0 aliphatic carbocycles. The summed E-state index contributed by atoms with van der Waals surface area (Å²) in [5.74, 6) is 0.799. The molecule has 2 aromatic rings. The molecule has 0 atom stereocenters. The van der Waals surface area contributed by atoms with Gasteiger partial charge in [0.25, 0.3) is 0 Å². The van der Waals surface area contributed by atoms with Crippen LogP contribution in [0.25, 0.3) is 11.0 Å². The number of para-hydroxylation sites is 1. The molecule has 0 radical (unpaired) electrons. The zero-order chi connectivity index (χ0) is 14.8. The SMILES string of the molecule is CS(=O)(=O)CCCn1c(CCCl)nc2c(F)cccc21. The summed E-state index contributed by atoms with van der Waals surface area (Å²) in [4.78, 5) is 4.27. The van der Waals surface area contributed by atoms with E-state index >= 15 is 0 Å². The number of alkyl halides is 1. The van der Waals surface area contributed by atoms with Crippen LogP contribution in [0.1, 0.15) is 12.2 Å². The van der Waals surface area contributed by atoms with Crippen LogP contribution in [-0.2, 0) is 22.8 Å². The summed E-state index contributed by atoms with van der Waals surface area (Å²) in [5.41, 5.74) is 0.991. The third-order valence-corrected chi connectivity index (χ3v) is 4.24. The Hall–Kier alpha value is -1.14. The van der Waals surface area contributed by atoms with Gasteiger partial charge in [-0.1, -0.05) is 6.07 Å². The van der Waals surface area contributed by atoms with Gasteiger partial charge in [0.2, 0.25) is 0 Å². The highest BCUT2D eigenvalue weighted by Gasteiger charge is 2.13. The Bertz CT molecular complexity index is 712. The molecule has 0 spiro atoms. The Labute approximate surface area is 122 Å². The van der Waals surface area contributed by atoms with Crippen LogP contribution in [-0.4, -0.2) is 35.9 Å². The maximum atomic E-state index is 13.7. The monoisotopic (exact) mass is 318 g/mol. The van der Waals surface area contributed by atoms with Gasteiger partial charge < -0.3 is 4.57 Å². The van der Waals surface area contributed by atoms with E-state index in [4.69, 9.17) is 11.6 Å². The topological polar surface area (TPSA) is 52.0 Å². The van der Waals surface area contributed by atoms with Crippen molar-refractivity contribution in [2.45, 2.75) is 19.4 Å². The molecule has 0 unspecified atom stereocenters. The number of nitrogens with zero attached hydrogens (tertiary/aromatic N) is 2. The molecule has 0 N–H and O–H groups in total. The molecule has 0 fully saturated rings. The van der Waals surface area contributed by atoms with Crippen LogP contribution in [0.5, 0.6) is 0 Å². The van der Waals surface area contributed by atoms with Gasteiger partial charge in [0.1, 0.15) is 21.2 Å².